The van der Waals surface area contributed by atoms with Crippen molar-refractivity contribution in [3.05, 3.63) is 29.8 Å². The van der Waals surface area contributed by atoms with E-state index in [1.807, 2.05) is 6.26 Å². The molecule has 4 atom stereocenters. The van der Waals surface area contributed by atoms with Crippen LogP contribution in [-0.4, -0.2) is 75.8 Å². The molecule has 3 amide bonds. The normalized spacial score (nSPS) is 14.5. The van der Waals surface area contributed by atoms with Gasteiger partial charge in [0.2, 0.25) is 17.7 Å². The molecule has 34 heavy (non-hydrogen) atoms. The van der Waals surface area contributed by atoms with Crippen molar-refractivity contribution in [2.24, 2.45) is 11.7 Å². The number of carbonyl (C=O) groups is 4. The van der Waals surface area contributed by atoms with E-state index in [4.69, 9.17) is 5.73 Å². The number of phenolic OH excluding ortho intramolecular Hbond substituents is 1. The molecule has 190 valence electrons. The summed E-state index contributed by atoms with van der Waals surface area (Å²) in [5.74, 6) is -2.58. The molecule has 0 radical (unpaired) electrons. The van der Waals surface area contributed by atoms with Crippen molar-refractivity contribution in [3.8, 4) is 5.75 Å². The summed E-state index contributed by atoms with van der Waals surface area (Å²) >= 11 is 5.46. The number of aromatic hydroxyl groups is 1. The van der Waals surface area contributed by atoms with Crippen molar-refractivity contribution < 1.29 is 29.4 Å². The fourth-order valence-electron chi connectivity index (χ4n) is 2.98. The predicted molar refractivity (Wildman–Crippen MR) is 135 cm³/mol. The van der Waals surface area contributed by atoms with Crippen LogP contribution in [0.2, 0.25) is 0 Å². The molecular formula is C22H34N4O6S2. The molecule has 1 aromatic carbocycles. The molecule has 0 spiro atoms. The van der Waals surface area contributed by atoms with Gasteiger partial charge in [-0.2, -0.15) is 24.4 Å². The number of benzene rings is 1. The molecule has 0 aliphatic heterocycles. The van der Waals surface area contributed by atoms with E-state index in [1.54, 1.807) is 26.0 Å². The summed E-state index contributed by atoms with van der Waals surface area (Å²) in [4.78, 5) is 49.8. The van der Waals surface area contributed by atoms with Gasteiger partial charge in [-0.1, -0.05) is 26.0 Å². The van der Waals surface area contributed by atoms with Crippen LogP contribution in [0, 0.1) is 5.92 Å². The second kappa shape index (κ2) is 14.7. The third kappa shape index (κ3) is 9.82. The van der Waals surface area contributed by atoms with Gasteiger partial charge in [-0.15, -0.1) is 0 Å². The van der Waals surface area contributed by atoms with Gasteiger partial charge < -0.3 is 31.9 Å². The van der Waals surface area contributed by atoms with Crippen LogP contribution in [0.3, 0.4) is 0 Å². The molecule has 0 heterocycles. The molecule has 4 unspecified atom stereocenters. The summed E-state index contributed by atoms with van der Waals surface area (Å²) in [6.45, 7) is 3.48. The molecule has 0 aliphatic rings. The summed E-state index contributed by atoms with van der Waals surface area (Å²) < 4.78 is 0. The van der Waals surface area contributed by atoms with Crippen LogP contribution in [0.4, 0.5) is 0 Å². The van der Waals surface area contributed by atoms with Crippen molar-refractivity contribution in [2.75, 3.05) is 17.8 Å². The highest BCUT2D eigenvalue weighted by molar-refractivity contribution is 7.98. The monoisotopic (exact) mass is 514 g/mol. The number of phenols is 1. The van der Waals surface area contributed by atoms with E-state index in [1.165, 1.54) is 23.9 Å². The van der Waals surface area contributed by atoms with Gasteiger partial charge in [0.15, 0.2) is 0 Å². The minimum Gasteiger partial charge on any atom is -0.508 e. The summed E-state index contributed by atoms with van der Waals surface area (Å²) in [5.41, 5.74) is 6.29. The lowest BCUT2D eigenvalue weighted by Crippen LogP contribution is -2.58. The number of nitrogens with one attached hydrogen (secondary N) is 3. The number of thiol groups is 1. The summed E-state index contributed by atoms with van der Waals surface area (Å²) in [6.07, 6.45) is 2.10. The molecule has 1 rings (SSSR count). The van der Waals surface area contributed by atoms with Gasteiger partial charge in [0.1, 0.15) is 23.9 Å². The fraction of sp³-hybridized carbons (Fsp3) is 0.545. The van der Waals surface area contributed by atoms with Gasteiger partial charge in [-0.3, -0.25) is 14.4 Å². The molecule has 0 saturated carbocycles. The number of amides is 3. The van der Waals surface area contributed by atoms with E-state index in [0.717, 1.165) is 0 Å². The Kier molecular flexibility index (Phi) is 12.8. The fourth-order valence-corrected chi connectivity index (χ4v) is 3.62. The van der Waals surface area contributed by atoms with Crippen LogP contribution < -0.4 is 21.7 Å². The van der Waals surface area contributed by atoms with Crippen LogP contribution in [0.5, 0.6) is 5.75 Å². The molecular weight excluding hydrogens is 480 g/mol. The largest absolute Gasteiger partial charge is 0.508 e. The number of carboxylic acids is 1. The Balaban J connectivity index is 2.96. The van der Waals surface area contributed by atoms with E-state index in [-0.39, 0.29) is 30.3 Å². The Bertz CT molecular complexity index is 837. The Hall–Kier alpha value is -2.44. The number of thioether (sulfide) groups is 1. The van der Waals surface area contributed by atoms with Gasteiger partial charge >= 0.3 is 5.97 Å². The smallest absolute Gasteiger partial charge is 0.326 e. The highest BCUT2D eigenvalue weighted by atomic mass is 32.2. The van der Waals surface area contributed by atoms with Crippen LogP contribution in [0.15, 0.2) is 24.3 Å². The number of aliphatic carboxylic acids is 1. The summed E-state index contributed by atoms with van der Waals surface area (Å²) in [5, 5.41) is 26.7. The molecule has 12 heteroatoms. The zero-order valence-electron chi connectivity index (χ0n) is 19.5. The Morgan fingerprint density at radius 3 is 2.09 bits per heavy atom. The topological polar surface area (TPSA) is 171 Å². The molecule has 0 bridgehead atoms. The molecule has 10 nitrogen and oxygen atoms in total. The average molecular weight is 515 g/mol. The summed E-state index contributed by atoms with van der Waals surface area (Å²) in [6, 6.07) is 1.93. The lowest BCUT2D eigenvalue weighted by Gasteiger charge is -2.27. The maximum absolute atomic E-state index is 13.0. The zero-order valence-corrected chi connectivity index (χ0v) is 21.2. The number of rotatable bonds is 14. The number of nitrogens with two attached hydrogens (primary N) is 1. The zero-order chi connectivity index (χ0) is 25.8. The Morgan fingerprint density at radius 2 is 1.59 bits per heavy atom. The Labute approximate surface area is 209 Å². The summed E-state index contributed by atoms with van der Waals surface area (Å²) in [7, 11) is 0. The van der Waals surface area contributed by atoms with E-state index >= 15 is 0 Å². The van der Waals surface area contributed by atoms with E-state index in [9.17, 15) is 29.4 Å². The Morgan fingerprint density at radius 1 is 1.00 bits per heavy atom. The maximum atomic E-state index is 13.0. The van der Waals surface area contributed by atoms with Crippen LogP contribution in [-0.2, 0) is 25.6 Å². The van der Waals surface area contributed by atoms with Crippen molar-refractivity contribution in [3.63, 3.8) is 0 Å². The quantitative estimate of drug-likeness (QED) is 0.172. The first-order chi connectivity index (χ1) is 16.0. The predicted octanol–water partition coefficient (Wildman–Crippen LogP) is 0.140. The van der Waals surface area contributed by atoms with Crippen LogP contribution in [0.25, 0.3) is 0 Å². The van der Waals surface area contributed by atoms with Gasteiger partial charge in [-0.25, -0.2) is 4.79 Å². The van der Waals surface area contributed by atoms with Crippen molar-refractivity contribution in [1.82, 2.24) is 16.0 Å². The van der Waals surface area contributed by atoms with E-state index in [0.29, 0.717) is 11.3 Å². The first-order valence-corrected chi connectivity index (χ1v) is 12.8. The van der Waals surface area contributed by atoms with E-state index in [2.05, 4.69) is 28.6 Å². The average Bonchev–Trinajstić information content (AvgIpc) is 2.79. The number of hydrogen-bond acceptors (Lipinski definition) is 8. The van der Waals surface area contributed by atoms with Gasteiger partial charge in [-0.05, 0) is 42.0 Å². The lowest BCUT2D eigenvalue weighted by molar-refractivity contribution is -0.142. The highest BCUT2D eigenvalue weighted by Crippen LogP contribution is 2.12. The third-order valence-corrected chi connectivity index (χ3v) is 6.05. The standard InChI is InChI=1S/C22H34N4O6S2/c1-12(2)18(26-19(28)15(23)11-33)21(30)24-16(8-9-34-3)20(29)25-17(22(31)32)10-13-4-6-14(27)7-5-13/h4-7,12,15-18,27,33H,8-11,23H2,1-3H3,(H,24,30)(H,25,29)(H,26,28)(H,31,32). The lowest BCUT2D eigenvalue weighted by atomic mass is 10.0. The number of carboxylic acid groups (broad SMARTS) is 1. The first kappa shape index (κ1) is 29.6. The molecule has 0 fully saturated rings. The minimum absolute atomic E-state index is 0.00313. The van der Waals surface area contributed by atoms with E-state index < -0.39 is 47.9 Å². The van der Waals surface area contributed by atoms with Gasteiger partial charge in [0.25, 0.3) is 0 Å². The second-order valence-corrected chi connectivity index (χ2v) is 9.48. The minimum atomic E-state index is -1.24. The first-order valence-electron chi connectivity index (χ1n) is 10.8. The molecule has 0 aromatic heterocycles. The number of hydrogen-bond donors (Lipinski definition) is 7. The van der Waals surface area contributed by atoms with Crippen molar-refractivity contribution in [2.45, 2.75) is 50.9 Å². The number of carbonyl (C=O) groups excluding carboxylic acids is 3. The van der Waals surface area contributed by atoms with Gasteiger partial charge in [0, 0.05) is 12.2 Å². The molecule has 7 N–H and O–H groups in total. The van der Waals surface area contributed by atoms with Crippen molar-refractivity contribution >= 4 is 48.1 Å². The maximum Gasteiger partial charge on any atom is 0.326 e. The van der Waals surface area contributed by atoms with Crippen molar-refractivity contribution in [1.29, 1.82) is 0 Å². The van der Waals surface area contributed by atoms with Gasteiger partial charge in [0.05, 0.1) is 6.04 Å². The second-order valence-electron chi connectivity index (χ2n) is 8.13. The highest BCUT2D eigenvalue weighted by Gasteiger charge is 2.31. The van der Waals surface area contributed by atoms with Crippen LogP contribution in [0.1, 0.15) is 25.8 Å². The van der Waals surface area contributed by atoms with Crippen LogP contribution >= 0.6 is 24.4 Å². The molecule has 0 aliphatic carbocycles. The third-order valence-electron chi connectivity index (χ3n) is 5.01. The molecule has 1 aromatic rings. The molecule has 0 saturated heterocycles. The SMILES string of the molecule is CSCCC(NC(=O)C(NC(=O)C(N)CS)C(C)C)C(=O)NC(Cc1ccc(O)cc1)C(=O)O.